The third-order valence-electron chi connectivity index (χ3n) is 4.21. The van der Waals surface area contributed by atoms with Gasteiger partial charge in [0.15, 0.2) is 12.3 Å². The van der Waals surface area contributed by atoms with Crippen molar-refractivity contribution in [2.24, 2.45) is 0 Å². The molecule has 0 fully saturated rings. The van der Waals surface area contributed by atoms with E-state index in [-0.39, 0.29) is 18.0 Å². The molecule has 0 radical (unpaired) electrons. The predicted molar refractivity (Wildman–Crippen MR) is 95.4 cm³/mol. The molecule has 1 aliphatic heterocycles. The largest absolute Gasteiger partial charge is 0.452 e. The Morgan fingerprint density at radius 1 is 1.19 bits per heavy atom. The number of nitrogens with one attached hydrogen (secondary N) is 1. The van der Waals surface area contributed by atoms with E-state index in [1.54, 1.807) is 53.9 Å². The molecule has 0 saturated heterocycles. The number of hydrogen-bond acceptors (Lipinski definition) is 6. The van der Waals surface area contributed by atoms with Crippen molar-refractivity contribution in [3.8, 4) is 0 Å². The summed E-state index contributed by atoms with van der Waals surface area (Å²) in [5.74, 6) is -0.797. The molecule has 1 aromatic carbocycles. The van der Waals surface area contributed by atoms with E-state index in [0.29, 0.717) is 22.8 Å². The standard InChI is InChI=1S/C18H15N5O4/c1-11-20-21-15-7-6-12(8-22(11)15)18(26)27-10-17(25)23-9-16(24)19-13-4-2-3-5-14(13)23/h2-8H,9-10H2,1H3,(H,19,24). The highest BCUT2D eigenvalue weighted by Gasteiger charge is 2.27. The number of esters is 1. The molecule has 3 aromatic rings. The van der Waals surface area contributed by atoms with Gasteiger partial charge < -0.3 is 10.1 Å². The molecule has 9 nitrogen and oxygen atoms in total. The summed E-state index contributed by atoms with van der Waals surface area (Å²) in [5.41, 5.74) is 1.99. The van der Waals surface area contributed by atoms with Gasteiger partial charge in [0.25, 0.3) is 5.91 Å². The average Bonchev–Trinajstić information content (AvgIpc) is 3.05. The van der Waals surface area contributed by atoms with Crippen LogP contribution in [0.2, 0.25) is 0 Å². The second-order valence-corrected chi connectivity index (χ2v) is 6.01. The summed E-state index contributed by atoms with van der Waals surface area (Å²) in [4.78, 5) is 37.9. The number of anilines is 2. The molecule has 0 saturated carbocycles. The highest BCUT2D eigenvalue weighted by atomic mass is 16.5. The molecule has 0 bridgehead atoms. The van der Waals surface area contributed by atoms with Gasteiger partial charge in [-0.25, -0.2) is 4.79 Å². The van der Waals surface area contributed by atoms with Crippen LogP contribution in [0.1, 0.15) is 16.2 Å². The van der Waals surface area contributed by atoms with E-state index in [1.807, 2.05) is 0 Å². The van der Waals surface area contributed by atoms with Gasteiger partial charge in [0.05, 0.1) is 16.9 Å². The Labute approximate surface area is 153 Å². The van der Waals surface area contributed by atoms with Crippen molar-refractivity contribution in [1.82, 2.24) is 14.6 Å². The lowest BCUT2D eigenvalue weighted by Gasteiger charge is -2.28. The van der Waals surface area contributed by atoms with Gasteiger partial charge in [0.1, 0.15) is 12.4 Å². The molecule has 0 spiro atoms. The Kier molecular flexibility index (Phi) is 4.03. The Balaban J connectivity index is 1.48. The monoisotopic (exact) mass is 365 g/mol. The maximum atomic E-state index is 12.5. The SMILES string of the molecule is Cc1nnc2ccc(C(=O)OCC(=O)N3CC(=O)Nc4ccccc43)cn12. The first kappa shape index (κ1) is 16.7. The van der Waals surface area contributed by atoms with E-state index in [0.717, 1.165) is 0 Å². The average molecular weight is 365 g/mol. The number of carbonyl (C=O) groups excluding carboxylic acids is 3. The van der Waals surface area contributed by atoms with Crippen LogP contribution >= 0.6 is 0 Å². The van der Waals surface area contributed by atoms with E-state index < -0.39 is 18.5 Å². The number of amides is 2. The fourth-order valence-electron chi connectivity index (χ4n) is 2.87. The Hall–Kier alpha value is -3.75. The Morgan fingerprint density at radius 2 is 2.00 bits per heavy atom. The molecule has 0 aliphatic carbocycles. The lowest BCUT2D eigenvalue weighted by Crippen LogP contribution is -2.44. The molecule has 1 N–H and O–H groups in total. The van der Waals surface area contributed by atoms with E-state index in [1.165, 1.54) is 4.90 Å². The summed E-state index contributed by atoms with van der Waals surface area (Å²) < 4.78 is 6.80. The second kappa shape index (κ2) is 6.52. The third kappa shape index (κ3) is 3.10. The predicted octanol–water partition coefficient (Wildman–Crippen LogP) is 1.18. The fraction of sp³-hybridized carbons (Fsp3) is 0.167. The first-order chi connectivity index (χ1) is 13.0. The van der Waals surface area contributed by atoms with Crippen molar-refractivity contribution >= 4 is 34.8 Å². The minimum atomic E-state index is -0.645. The van der Waals surface area contributed by atoms with Gasteiger partial charge in [-0.1, -0.05) is 12.1 Å². The topological polar surface area (TPSA) is 106 Å². The number of ether oxygens (including phenoxy) is 1. The number of nitrogens with zero attached hydrogens (tertiary/aromatic N) is 4. The minimum Gasteiger partial charge on any atom is -0.452 e. The van der Waals surface area contributed by atoms with E-state index in [4.69, 9.17) is 4.74 Å². The maximum absolute atomic E-state index is 12.5. The van der Waals surface area contributed by atoms with Crippen LogP contribution in [0.15, 0.2) is 42.6 Å². The summed E-state index contributed by atoms with van der Waals surface area (Å²) in [6, 6.07) is 10.1. The van der Waals surface area contributed by atoms with Gasteiger partial charge in [-0.2, -0.15) is 0 Å². The maximum Gasteiger partial charge on any atom is 0.340 e. The van der Waals surface area contributed by atoms with E-state index >= 15 is 0 Å². The summed E-state index contributed by atoms with van der Waals surface area (Å²) in [5, 5.41) is 10.6. The highest BCUT2D eigenvalue weighted by Crippen LogP contribution is 2.28. The van der Waals surface area contributed by atoms with Crippen LogP contribution < -0.4 is 10.2 Å². The number of hydrogen-bond donors (Lipinski definition) is 1. The third-order valence-corrected chi connectivity index (χ3v) is 4.21. The van der Waals surface area contributed by atoms with Gasteiger partial charge in [-0.15, -0.1) is 10.2 Å². The number of pyridine rings is 1. The summed E-state index contributed by atoms with van der Waals surface area (Å²) >= 11 is 0. The summed E-state index contributed by atoms with van der Waals surface area (Å²) in [7, 11) is 0. The number of aromatic nitrogens is 3. The molecule has 0 unspecified atom stereocenters. The first-order valence-corrected chi connectivity index (χ1v) is 8.21. The van der Waals surface area contributed by atoms with Crippen molar-refractivity contribution in [2.75, 3.05) is 23.4 Å². The normalized spacial score (nSPS) is 13.2. The highest BCUT2D eigenvalue weighted by molar-refractivity contribution is 6.10. The van der Waals surface area contributed by atoms with Crippen molar-refractivity contribution < 1.29 is 19.1 Å². The Morgan fingerprint density at radius 3 is 2.85 bits per heavy atom. The summed E-state index contributed by atoms with van der Waals surface area (Å²) in [6.45, 7) is 1.16. The van der Waals surface area contributed by atoms with Crippen molar-refractivity contribution in [3.63, 3.8) is 0 Å². The molecule has 136 valence electrons. The number of aryl methyl sites for hydroxylation is 1. The molecule has 0 atom stereocenters. The summed E-state index contributed by atoms with van der Waals surface area (Å²) in [6.07, 6.45) is 1.56. The molecular weight excluding hydrogens is 350 g/mol. The molecule has 4 rings (SSSR count). The zero-order chi connectivity index (χ0) is 19.0. The van der Waals surface area contributed by atoms with Crippen LogP contribution in [-0.2, 0) is 14.3 Å². The van der Waals surface area contributed by atoms with Crippen LogP contribution in [0.5, 0.6) is 0 Å². The molecule has 1 aliphatic rings. The van der Waals surface area contributed by atoms with Crippen molar-refractivity contribution in [1.29, 1.82) is 0 Å². The van der Waals surface area contributed by atoms with Gasteiger partial charge in [-0.3, -0.25) is 18.9 Å². The molecule has 2 amide bonds. The van der Waals surface area contributed by atoms with Crippen LogP contribution in [0.3, 0.4) is 0 Å². The van der Waals surface area contributed by atoms with Crippen LogP contribution in [0.25, 0.3) is 5.65 Å². The Bertz CT molecular complexity index is 1070. The number of rotatable bonds is 3. The molecule has 2 aromatic heterocycles. The molecule has 9 heteroatoms. The fourth-order valence-corrected chi connectivity index (χ4v) is 2.87. The number of fused-ring (bicyclic) bond motifs is 2. The van der Waals surface area contributed by atoms with Crippen LogP contribution in [0, 0.1) is 6.92 Å². The zero-order valence-corrected chi connectivity index (χ0v) is 14.4. The quantitative estimate of drug-likeness (QED) is 0.699. The second-order valence-electron chi connectivity index (χ2n) is 6.01. The lowest BCUT2D eigenvalue weighted by atomic mass is 10.2. The van der Waals surface area contributed by atoms with Gasteiger partial charge in [-0.05, 0) is 31.2 Å². The smallest absolute Gasteiger partial charge is 0.340 e. The van der Waals surface area contributed by atoms with Gasteiger partial charge in [0, 0.05) is 6.20 Å². The van der Waals surface area contributed by atoms with Gasteiger partial charge >= 0.3 is 5.97 Å². The minimum absolute atomic E-state index is 0.126. The molecule has 3 heterocycles. The number of carbonyl (C=O) groups is 3. The molecule has 27 heavy (non-hydrogen) atoms. The zero-order valence-electron chi connectivity index (χ0n) is 14.4. The molecular formula is C18H15N5O4. The first-order valence-electron chi connectivity index (χ1n) is 8.21. The van der Waals surface area contributed by atoms with Crippen LogP contribution in [-0.4, -0.2) is 45.5 Å². The van der Waals surface area contributed by atoms with Crippen LogP contribution in [0.4, 0.5) is 11.4 Å². The van der Waals surface area contributed by atoms with Crippen molar-refractivity contribution in [2.45, 2.75) is 6.92 Å². The lowest BCUT2D eigenvalue weighted by molar-refractivity contribution is -0.124. The number of para-hydroxylation sites is 2. The van der Waals surface area contributed by atoms with E-state index in [2.05, 4.69) is 15.5 Å². The van der Waals surface area contributed by atoms with Crippen molar-refractivity contribution in [3.05, 3.63) is 54.0 Å². The van der Waals surface area contributed by atoms with Gasteiger partial charge in [0.2, 0.25) is 5.91 Å². The van der Waals surface area contributed by atoms with E-state index in [9.17, 15) is 14.4 Å². The number of benzene rings is 1.